The van der Waals surface area contributed by atoms with Gasteiger partial charge in [-0.25, -0.2) is 22.3 Å². The van der Waals surface area contributed by atoms with Gasteiger partial charge in [0.05, 0.1) is 23.2 Å². The van der Waals surface area contributed by atoms with E-state index in [0.717, 1.165) is 0 Å². The standard InChI is InChI=1S/C29H36ClFN2O8S/c1-17(2)24(14-40-15-39-6)33-13-21(28(35)36)27(34)20-11-19(10-18-8-7-9-22(30)26(18)31)25(12-23(20)33)41-16-42(37,38)32-29(3,4)5/h7-9,11-13,17,24,32H,10,14-16H2,1-6H3,(H,35,36)/t24-/m1/s1. The number of pyridine rings is 1. The number of carboxylic acids is 1. The van der Waals surface area contributed by atoms with Crippen molar-refractivity contribution in [2.45, 2.75) is 52.6 Å². The van der Waals surface area contributed by atoms with E-state index in [2.05, 4.69) is 4.72 Å². The van der Waals surface area contributed by atoms with Crippen molar-refractivity contribution in [1.29, 1.82) is 0 Å². The number of ether oxygens (including phenoxy) is 3. The molecule has 13 heteroatoms. The van der Waals surface area contributed by atoms with E-state index in [4.69, 9.17) is 25.8 Å². The van der Waals surface area contributed by atoms with Gasteiger partial charge in [0.15, 0.2) is 0 Å². The maximum atomic E-state index is 14.9. The minimum atomic E-state index is -3.92. The second-order valence-corrected chi connectivity index (χ2v) is 13.3. The normalized spacial score (nSPS) is 13.1. The van der Waals surface area contributed by atoms with Crippen LogP contribution in [0.4, 0.5) is 4.39 Å². The molecule has 0 fully saturated rings. The number of carbonyl (C=O) groups is 1. The molecular formula is C29H36ClFN2O8S. The minimum absolute atomic E-state index is 0.00448. The van der Waals surface area contributed by atoms with Crippen molar-refractivity contribution in [2.75, 3.05) is 26.4 Å². The van der Waals surface area contributed by atoms with E-state index in [-0.39, 0.29) is 58.5 Å². The van der Waals surface area contributed by atoms with Crippen molar-refractivity contribution < 1.29 is 36.9 Å². The van der Waals surface area contributed by atoms with Gasteiger partial charge in [-0.1, -0.05) is 37.6 Å². The van der Waals surface area contributed by atoms with Gasteiger partial charge in [-0.15, -0.1) is 0 Å². The maximum absolute atomic E-state index is 14.9. The van der Waals surface area contributed by atoms with Crippen molar-refractivity contribution >= 4 is 38.5 Å². The summed E-state index contributed by atoms with van der Waals surface area (Å²) >= 11 is 5.98. The zero-order valence-electron chi connectivity index (χ0n) is 24.4. The third-order valence-electron chi connectivity index (χ3n) is 6.31. The number of benzene rings is 2. The summed E-state index contributed by atoms with van der Waals surface area (Å²) in [7, 11) is -2.45. The molecule has 0 bridgehead atoms. The van der Waals surface area contributed by atoms with E-state index in [1.807, 2.05) is 13.8 Å². The van der Waals surface area contributed by atoms with Crippen molar-refractivity contribution in [2.24, 2.45) is 5.92 Å². The smallest absolute Gasteiger partial charge is 0.341 e. The van der Waals surface area contributed by atoms with Crippen LogP contribution >= 0.6 is 11.6 Å². The quantitative estimate of drug-likeness (QED) is 0.201. The topological polar surface area (TPSA) is 133 Å². The fourth-order valence-electron chi connectivity index (χ4n) is 4.49. The number of sulfonamides is 1. The number of nitrogens with zero attached hydrogens (tertiary/aromatic N) is 1. The Labute approximate surface area is 249 Å². The van der Waals surface area contributed by atoms with Gasteiger partial charge in [-0.05, 0) is 49.9 Å². The number of nitrogens with one attached hydrogen (secondary N) is 1. The molecule has 2 aromatic carbocycles. The third kappa shape index (κ3) is 8.29. The van der Waals surface area contributed by atoms with Crippen LogP contribution in [0.1, 0.15) is 62.1 Å². The first-order valence-corrected chi connectivity index (χ1v) is 15.2. The molecule has 0 radical (unpaired) electrons. The Bertz CT molecular complexity index is 1620. The highest BCUT2D eigenvalue weighted by molar-refractivity contribution is 7.89. The molecule has 42 heavy (non-hydrogen) atoms. The Morgan fingerprint density at radius 2 is 1.88 bits per heavy atom. The fourth-order valence-corrected chi connectivity index (χ4v) is 5.96. The molecule has 3 aromatic rings. The molecule has 10 nitrogen and oxygen atoms in total. The first-order chi connectivity index (χ1) is 19.5. The Morgan fingerprint density at radius 1 is 1.19 bits per heavy atom. The summed E-state index contributed by atoms with van der Waals surface area (Å²) in [6, 6.07) is 6.88. The molecular weight excluding hydrogens is 591 g/mol. The number of hydrogen-bond donors (Lipinski definition) is 2. The molecule has 0 unspecified atom stereocenters. The zero-order valence-corrected chi connectivity index (χ0v) is 25.9. The van der Waals surface area contributed by atoms with Crippen LogP contribution in [0.25, 0.3) is 10.9 Å². The monoisotopic (exact) mass is 626 g/mol. The van der Waals surface area contributed by atoms with Gasteiger partial charge in [0.25, 0.3) is 0 Å². The molecule has 3 rings (SSSR count). The van der Waals surface area contributed by atoms with E-state index in [0.29, 0.717) is 0 Å². The lowest BCUT2D eigenvalue weighted by Gasteiger charge is -2.27. The van der Waals surface area contributed by atoms with Gasteiger partial charge >= 0.3 is 5.97 Å². The highest BCUT2D eigenvalue weighted by Crippen LogP contribution is 2.32. The molecule has 0 aliphatic rings. The minimum Gasteiger partial charge on any atom is -0.477 e. The molecule has 230 valence electrons. The van der Waals surface area contributed by atoms with Gasteiger partial charge in [0.2, 0.25) is 21.4 Å². The van der Waals surface area contributed by atoms with Gasteiger partial charge in [-0.2, -0.15) is 0 Å². The average Bonchev–Trinajstić information content (AvgIpc) is 2.87. The van der Waals surface area contributed by atoms with E-state index in [9.17, 15) is 27.5 Å². The molecule has 0 saturated heterocycles. The van der Waals surface area contributed by atoms with Crippen molar-refractivity contribution in [3.05, 3.63) is 74.3 Å². The summed E-state index contributed by atoms with van der Waals surface area (Å²) < 4.78 is 61.0. The van der Waals surface area contributed by atoms with Crippen LogP contribution in [0.2, 0.25) is 5.02 Å². The van der Waals surface area contributed by atoms with Crippen molar-refractivity contribution in [1.82, 2.24) is 9.29 Å². The van der Waals surface area contributed by atoms with E-state index < -0.39 is 50.3 Å². The Balaban J connectivity index is 2.29. The predicted octanol–water partition coefficient (Wildman–Crippen LogP) is 4.95. The number of carboxylic acid groups (broad SMARTS) is 1. The van der Waals surface area contributed by atoms with Gasteiger partial charge < -0.3 is 23.9 Å². The number of halogens is 2. The van der Waals surface area contributed by atoms with Crippen LogP contribution in [-0.4, -0.2) is 56.0 Å². The van der Waals surface area contributed by atoms with Gasteiger partial charge in [-0.3, -0.25) is 4.79 Å². The largest absolute Gasteiger partial charge is 0.477 e. The summed E-state index contributed by atoms with van der Waals surface area (Å²) in [6.45, 7) is 8.99. The lowest BCUT2D eigenvalue weighted by Crippen LogP contribution is -2.42. The lowest BCUT2D eigenvalue weighted by molar-refractivity contribution is -0.0457. The number of hydrogen-bond acceptors (Lipinski definition) is 7. The second-order valence-electron chi connectivity index (χ2n) is 11.3. The molecule has 1 atom stereocenters. The van der Waals surface area contributed by atoms with E-state index >= 15 is 0 Å². The maximum Gasteiger partial charge on any atom is 0.341 e. The summed E-state index contributed by atoms with van der Waals surface area (Å²) in [5, 5.41) is 9.77. The molecule has 0 spiro atoms. The second kappa shape index (κ2) is 13.5. The van der Waals surface area contributed by atoms with Crippen molar-refractivity contribution in [3.8, 4) is 5.75 Å². The first kappa shape index (κ1) is 33.5. The molecule has 1 heterocycles. The highest BCUT2D eigenvalue weighted by atomic mass is 35.5. The van der Waals surface area contributed by atoms with Crippen LogP contribution < -0.4 is 14.9 Å². The Morgan fingerprint density at radius 3 is 2.48 bits per heavy atom. The molecule has 0 amide bonds. The molecule has 0 aliphatic carbocycles. The summed E-state index contributed by atoms with van der Waals surface area (Å²) in [4.78, 5) is 25.5. The summed E-state index contributed by atoms with van der Waals surface area (Å²) in [6.07, 6.45) is 1.12. The number of aromatic carboxylic acids is 1. The number of aromatic nitrogens is 1. The number of rotatable bonds is 13. The molecule has 0 saturated carbocycles. The fraction of sp³-hybridized carbons (Fsp3) is 0.448. The SMILES string of the molecule is COCOC[C@H](C(C)C)n1cc(C(=O)O)c(=O)c2cc(Cc3cccc(Cl)c3F)c(OCS(=O)(=O)NC(C)(C)C)cc21. The van der Waals surface area contributed by atoms with Gasteiger partial charge in [0, 0.05) is 36.7 Å². The number of fused-ring (bicyclic) bond motifs is 1. The Kier molecular flexibility index (Phi) is 10.8. The van der Waals surface area contributed by atoms with Crippen molar-refractivity contribution in [3.63, 3.8) is 0 Å². The van der Waals surface area contributed by atoms with Gasteiger partial charge in [0.1, 0.15) is 23.9 Å². The summed E-state index contributed by atoms with van der Waals surface area (Å²) in [5.74, 6) is -2.88. The molecule has 2 N–H and O–H groups in total. The number of methoxy groups -OCH3 is 1. The average molecular weight is 627 g/mol. The van der Waals surface area contributed by atoms with Crippen LogP contribution in [0.5, 0.6) is 5.75 Å². The molecule has 0 aliphatic heterocycles. The van der Waals surface area contributed by atoms with E-state index in [1.54, 1.807) is 31.4 Å². The van der Waals surface area contributed by atoms with E-state index in [1.165, 1.54) is 37.6 Å². The van der Waals surface area contributed by atoms with Crippen LogP contribution in [-0.2, 0) is 25.9 Å². The zero-order chi connectivity index (χ0) is 31.4. The Hall–Kier alpha value is -3.03. The summed E-state index contributed by atoms with van der Waals surface area (Å²) in [5.41, 5.74) is -1.27. The molecule has 1 aromatic heterocycles. The predicted molar refractivity (Wildman–Crippen MR) is 158 cm³/mol. The lowest BCUT2D eigenvalue weighted by atomic mass is 9.98. The third-order valence-corrected chi connectivity index (χ3v) is 7.95. The first-order valence-electron chi connectivity index (χ1n) is 13.1. The van der Waals surface area contributed by atoms with Crippen LogP contribution in [0.15, 0.2) is 41.3 Å². The van der Waals surface area contributed by atoms with Crippen LogP contribution in [0.3, 0.4) is 0 Å². The van der Waals surface area contributed by atoms with Crippen LogP contribution in [0, 0.1) is 11.7 Å². The highest BCUT2D eigenvalue weighted by Gasteiger charge is 2.25.